The zero-order chi connectivity index (χ0) is 13.9. The van der Waals surface area contributed by atoms with Crippen molar-refractivity contribution < 1.29 is 0 Å². The van der Waals surface area contributed by atoms with Crippen LogP contribution in [0.4, 0.5) is 17.5 Å². The Hall–Kier alpha value is -1.62. The van der Waals surface area contributed by atoms with Crippen LogP contribution in [-0.4, -0.2) is 23.1 Å². The topological polar surface area (TPSA) is 41.1 Å². The van der Waals surface area contributed by atoms with E-state index in [1.165, 1.54) is 11.3 Å². The molecule has 5 heteroatoms. The van der Waals surface area contributed by atoms with Crippen LogP contribution in [0, 0.1) is 0 Å². The quantitative estimate of drug-likeness (QED) is 0.925. The molecule has 0 spiro atoms. The van der Waals surface area contributed by atoms with Gasteiger partial charge in [0.05, 0.1) is 4.47 Å². The molecule has 1 aromatic heterocycles. The minimum Gasteiger partial charge on any atom is -0.354 e. The number of hydrogen-bond acceptors (Lipinski definition) is 4. The van der Waals surface area contributed by atoms with Crippen molar-refractivity contribution in [2.75, 3.05) is 23.3 Å². The second-order valence-electron chi connectivity index (χ2n) is 4.82. The second-order valence-corrected chi connectivity index (χ2v) is 5.68. The summed E-state index contributed by atoms with van der Waals surface area (Å²) in [7, 11) is 0. The van der Waals surface area contributed by atoms with Gasteiger partial charge in [-0.05, 0) is 40.4 Å². The lowest BCUT2D eigenvalue weighted by Crippen LogP contribution is -2.17. The maximum absolute atomic E-state index is 4.65. The molecule has 0 saturated heterocycles. The van der Waals surface area contributed by atoms with Crippen LogP contribution in [-0.2, 0) is 6.42 Å². The number of halogens is 1. The van der Waals surface area contributed by atoms with Crippen LogP contribution in [0.15, 0.2) is 34.9 Å². The Labute approximate surface area is 127 Å². The summed E-state index contributed by atoms with van der Waals surface area (Å²) in [5.74, 6) is 1.62. The second kappa shape index (κ2) is 5.79. The zero-order valence-corrected chi connectivity index (χ0v) is 13.0. The van der Waals surface area contributed by atoms with E-state index in [2.05, 4.69) is 67.3 Å². The molecule has 1 aliphatic rings. The molecule has 104 valence electrons. The van der Waals surface area contributed by atoms with Crippen molar-refractivity contribution in [3.8, 4) is 0 Å². The fourth-order valence-corrected chi connectivity index (χ4v) is 2.83. The minimum atomic E-state index is 0.689. The fourth-order valence-electron chi connectivity index (χ4n) is 2.43. The van der Waals surface area contributed by atoms with Crippen LogP contribution in [0.2, 0.25) is 0 Å². The highest BCUT2D eigenvalue weighted by Gasteiger charge is 2.23. The van der Waals surface area contributed by atoms with Gasteiger partial charge < -0.3 is 10.2 Å². The summed E-state index contributed by atoms with van der Waals surface area (Å²) >= 11 is 3.57. The highest BCUT2D eigenvalue weighted by molar-refractivity contribution is 9.10. The normalized spacial score (nSPS) is 13.4. The van der Waals surface area contributed by atoms with Gasteiger partial charge in [-0.15, -0.1) is 0 Å². The van der Waals surface area contributed by atoms with Crippen molar-refractivity contribution in [2.24, 2.45) is 0 Å². The molecular weight excluding hydrogens is 316 g/mol. The third-order valence-electron chi connectivity index (χ3n) is 3.40. The van der Waals surface area contributed by atoms with Gasteiger partial charge in [0.15, 0.2) is 5.82 Å². The van der Waals surface area contributed by atoms with E-state index in [0.29, 0.717) is 5.95 Å². The predicted molar refractivity (Wildman–Crippen MR) is 85.7 cm³/mol. The number of nitrogens with zero attached hydrogens (tertiary/aromatic N) is 3. The summed E-state index contributed by atoms with van der Waals surface area (Å²) in [6.07, 6.45) is 3.94. The van der Waals surface area contributed by atoms with E-state index in [1.807, 2.05) is 6.20 Å². The number of benzene rings is 1. The molecule has 3 rings (SSSR count). The molecule has 0 atom stereocenters. The van der Waals surface area contributed by atoms with Gasteiger partial charge in [0.25, 0.3) is 0 Å². The Morgan fingerprint density at radius 2 is 2.20 bits per heavy atom. The summed E-state index contributed by atoms with van der Waals surface area (Å²) in [6, 6.07) is 8.49. The van der Waals surface area contributed by atoms with Crippen LogP contribution in [0.3, 0.4) is 0 Å². The molecule has 0 bridgehead atoms. The van der Waals surface area contributed by atoms with Crippen LogP contribution < -0.4 is 10.2 Å². The summed E-state index contributed by atoms with van der Waals surface area (Å²) in [5, 5.41) is 3.24. The first-order valence-corrected chi connectivity index (χ1v) is 7.70. The van der Waals surface area contributed by atoms with Crippen LogP contribution in [0.5, 0.6) is 0 Å². The first-order valence-electron chi connectivity index (χ1n) is 6.91. The van der Waals surface area contributed by atoms with Gasteiger partial charge in [-0.1, -0.05) is 25.1 Å². The van der Waals surface area contributed by atoms with E-state index in [-0.39, 0.29) is 0 Å². The van der Waals surface area contributed by atoms with Gasteiger partial charge in [-0.2, -0.15) is 4.98 Å². The number of aromatic nitrogens is 2. The molecule has 2 aromatic rings. The fraction of sp³-hybridized carbons (Fsp3) is 0.333. The lowest BCUT2D eigenvalue weighted by molar-refractivity contribution is 0.929. The van der Waals surface area contributed by atoms with Crippen molar-refractivity contribution in [3.05, 3.63) is 40.5 Å². The average Bonchev–Trinajstić information content (AvgIpc) is 2.90. The number of para-hydroxylation sites is 1. The monoisotopic (exact) mass is 332 g/mol. The van der Waals surface area contributed by atoms with Crippen LogP contribution in [0.1, 0.15) is 18.9 Å². The average molecular weight is 333 g/mol. The van der Waals surface area contributed by atoms with Gasteiger partial charge >= 0.3 is 0 Å². The summed E-state index contributed by atoms with van der Waals surface area (Å²) in [6.45, 7) is 3.98. The van der Waals surface area contributed by atoms with E-state index in [1.54, 1.807) is 0 Å². The Morgan fingerprint density at radius 1 is 1.35 bits per heavy atom. The van der Waals surface area contributed by atoms with E-state index in [9.17, 15) is 0 Å². The molecule has 20 heavy (non-hydrogen) atoms. The first kappa shape index (κ1) is 13.4. The van der Waals surface area contributed by atoms with Crippen LogP contribution >= 0.6 is 15.9 Å². The van der Waals surface area contributed by atoms with Crippen molar-refractivity contribution in [1.82, 2.24) is 9.97 Å². The Kier molecular flexibility index (Phi) is 3.87. The lowest BCUT2D eigenvalue weighted by atomic mass is 10.2. The van der Waals surface area contributed by atoms with Crippen molar-refractivity contribution in [3.63, 3.8) is 0 Å². The highest BCUT2D eigenvalue weighted by atomic mass is 79.9. The third kappa shape index (κ3) is 2.50. The van der Waals surface area contributed by atoms with E-state index >= 15 is 0 Å². The van der Waals surface area contributed by atoms with Crippen molar-refractivity contribution in [2.45, 2.75) is 19.8 Å². The number of hydrogen-bond donors (Lipinski definition) is 1. The van der Waals surface area contributed by atoms with E-state index < -0.39 is 0 Å². The molecule has 0 radical (unpaired) electrons. The lowest BCUT2D eigenvalue weighted by Gasteiger charge is -2.20. The number of anilines is 3. The maximum atomic E-state index is 4.65. The standard InChI is InChI=1S/C15H17BrN4/c1-2-8-17-15-18-10-12(16)14(19-15)20-9-7-11-5-3-4-6-13(11)20/h3-6,10H,2,7-9H2,1H3,(H,17,18,19). The smallest absolute Gasteiger partial charge is 0.224 e. The minimum absolute atomic E-state index is 0.689. The summed E-state index contributed by atoms with van der Waals surface area (Å²) in [5.41, 5.74) is 2.62. The largest absolute Gasteiger partial charge is 0.354 e. The summed E-state index contributed by atoms with van der Waals surface area (Å²) in [4.78, 5) is 11.2. The Morgan fingerprint density at radius 3 is 3.05 bits per heavy atom. The molecule has 0 aliphatic carbocycles. The van der Waals surface area contributed by atoms with Gasteiger partial charge in [-0.25, -0.2) is 4.98 Å². The molecular formula is C15H17BrN4. The maximum Gasteiger partial charge on any atom is 0.224 e. The molecule has 0 fully saturated rings. The summed E-state index contributed by atoms with van der Waals surface area (Å²) < 4.78 is 0.927. The van der Waals surface area contributed by atoms with Gasteiger partial charge in [0.1, 0.15) is 0 Å². The zero-order valence-electron chi connectivity index (χ0n) is 11.4. The molecule has 1 aromatic carbocycles. The van der Waals surface area contributed by atoms with Crippen molar-refractivity contribution >= 4 is 33.4 Å². The van der Waals surface area contributed by atoms with Gasteiger partial charge in [0.2, 0.25) is 5.95 Å². The highest BCUT2D eigenvalue weighted by Crippen LogP contribution is 2.36. The number of nitrogens with one attached hydrogen (secondary N) is 1. The van der Waals surface area contributed by atoms with Crippen molar-refractivity contribution in [1.29, 1.82) is 0 Å². The number of rotatable bonds is 4. The van der Waals surface area contributed by atoms with Crippen LogP contribution in [0.25, 0.3) is 0 Å². The third-order valence-corrected chi connectivity index (χ3v) is 3.96. The first-order chi connectivity index (χ1) is 9.79. The van der Waals surface area contributed by atoms with E-state index in [0.717, 1.165) is 36.2 Å². The molecule has 0 amide bonds. The Bertz CT molecular complexity index is 615. The predicted octanol–water partition coefficient (Wildman–Crippen LogP) is 3.76. The SMILES string of the molecule is CCCNc1ncc(Br)c(N2CCc3ccccc32)n1. The van der Waals surface area contributed by atoms with Gasteiger partial charge in [-0.3, -0.25) is 0 Å². The van der Waals surface area contributed by atoms with E-state index in [4.69, 9.17) is 0 Å². The molecule has 0 saturated carbocycles. The molecule has 1 aliphatic heterocycles. The molecule has 4 nitrogen and oxygen atoms in total. The Balaban J connectivity index is 1.94. The molecule has 0 unspecified atom stereocenters. The number of fused-ring (bicyclic) bond motifs is 1. The molecule has 1 N–H and O–H groups in total. The molecule has 2 heterocycles. The van der Waals surface area contributed by atoms with Gasteiger partial charge in [0, 0.05) is 25.0 Å².